The molecule has 24 heavy (non-hydrogen) atoms. The molecule has 0 spiro atoms. The van der Waals surface area contributed by atoms with Crippen molar-refractivity contribution in [3.05, 3.63) is 71.4 Å². The highest BCUT2D eigenvalue weighted by Gasteiger charge is 2.07. The predicted octanol–water partition coefficient (Wildman–Crippen LogP) is 4.07. The lowest BCUT2D eigenvalue weighted by atomic mass is 10.2. The summed E-state index contributed by atoms with van der Waals surface area (Å²) in [4.78, 5) is 8.85. The molecule has 3 aromatic rings. The van der Waals surface area contributed by atoms with E-state index in [0.29, 0.717) is 17.5 Å². The van der Waals surface area contributed by atoms with Crippen molar-refractivity contribution >= 4 is 23.1 Å². The minimum absolute atomic E-state index is 0.145. The van der Waals surface area contributed by atoms with E-state index in [2.05, 4.69) is 20.6 Å². The molecule has 0 fully saturated rings. The average molecular weight is 320 g/mol. The van der Waals surface area contributed by atoms with Gasteiger partial charge in [0.2, 0.25) is 5.95 Å². The van der Waals surface area contributed by atoms with Crippen LogP contribution in [0.2, 0.25) is 0 Å². The van der Waals surface area contributed by atoms with Crippen molar-refractivity contribution < 1.29 is 5.11 Å². The molecule has 0 aliphatic heterocycles. The molecule has 3 rings (SSSR count). The van der Waals surface area contributed by atoms with E-state index in [4.69, 9.17) is 0 Å². The Balaban J connectivity index is 1.91. The third-order valence-electron chi connectivity index (χ3n) is 3.74. The molecule has 0 aliphatic rings. The molecule has 0 atom stereocenters. The average Bonchev–Trinajstić information content (AvgIpc) is 2.59. The Morgan fingerprint density at radius 2 is 1.42 bits per heavy atom. The SMILES string of the molecule is Cc1ccccc1Nc1cc(CO)nc(Nc2ccccc2C)n1. The van der Waals surface area contributed by atoms with Crippen LogP contribution >= 0.6 is 0 Å². The number of rotatable bonds is 5. The molecule has 0 bridgehead atoms. The molecule has 0 saturated heterocycles. The van der Waals surface area contributed by atoms with Crippen LogP contribution in [0.15, 0.2) is 54.6 Å². The van der Waals surface area contributed by atoms with Crippen molar-refractivity contribution in [2.24, 2.45) is 0 Å². The first-order chi connectivity index (χ1) is 11.7. The first-order valence-corrected chi connectivity index (χ1v) is 7.80. The molecular formula is C19H20N4O. The minimum Gasteiger partial charge on any atom is -0.390 e. The molecular weight excluding hydrogens is 300 g/mol. The van der Waals surface area contributed by atoms with Gasteiger partial charge in [0.1, 0.15) is 5.82 Å². The van der Waals surface area contributed by atoms with Crippen molar-refractivity contribution in [2.45, 2.75) is 20.5 Å². The summed E-state index contributed by atoms with van der Waals surface area (Å²) in [6.45, 7) is 3.90. The summed E-state index contributed by atoms with van der Waals surface area (Å²) in [6.07, 6.45) is 0. The number of hydrogen-bond acceptors (Lipinski definition) is 5. The summed E-state index contributed by atoms with van der Waals surface area (Å²) in [5.74, 6) is 1.09. The lowest BCUT2D eigenvalue weighted by Gasteiger charge is -2.13. The second kappa shape index (κ2) is 7.10. The Hall–Kier alpha value is -2.92. The Morgan fingerprint density at radius 3 is 2.00 bits per heavy atom. The number of aliphatic hydroxyl groups excluding tert-OH is 1. The zero-order valence-corrected chi connectivity index (χ0v) is 13.7. The number of aryl methyl sites for hydroxylation is 2. The van der Waals surface area contributed by atoms with Gasteiger partial charge in [0, 0.05) is 17.4 Å². The summed E-state index contributed by atoms with van der Waals surface area (Å²) in [6, 6.07) is 17.7. The van der Waals surface area contributed by atoms with Crippen LogP contribution in [-0.2, 0) is 6.61 Å². The molecule has 2 aromatic carbocycles. The Labute approximate surface area is 141 Å². The van der Waals surface area contributed by atoms with Gasteiger partial charge in [0.05, 0.1) is 12.3 Å². The van der Waals surface area contributed by atoms with Gasteiger partial charge in [-0.3, -0.25) is 0 Å². The van der Waals surface area contributed by atoms with E-state index in [0.717, 1.165) is 22.5 Å². The maximum atomic E-state index is 9.48. The molecule has 122 valence electrons. The van der Waals surface area contributed by atoms with Gasteiger partial charge >= 0.3 is 0 Å². The Morgan fingerprint density at radius 1 is 0.833 bits per heavy atom. The second-order valence-electron chi connectivity index (χ2n) is 5.61. The molecule has 3 N–H and O–H groups in total. The number of para-hydroxylation sites is 2. The van der Waals surface area contributed by atoms with Crippen molar-refractivity contribution in [3.8, 4) is 0 Å². The molecule has 0 amide bonds. The molecule has 0 unspecified atom stereocenters. The summed E-state index contributed by atoms with van der Waals surface area (Å²) < 4.78 is 0. The zero-order chi connectivity index (χ0) is 16.9. The molecule has 1 aromatic heterocycles. The molecule has 5 nitrogen and oxygen atoms in total. The van der Waals surface area contributed by atoms with E-state index in [1.807, 2.05) is 62.4 Å². The quantitative estimate of drug-likeness (QED) is 0.661. The highest BCUT2D eigenvalue weighted by atomic mass is 16.3. The highest BCUT2D eigenvalue weighted by Crippen LogP contribution is 2.22. The third kappa shape index (κ3) is 3.70. The van der Waals surface area contributed by atoms with Gasteiger partial charge < -0.3 is 15.7 Å². The first kappa shape index (κ1) is 16.0. The summed E-state index contributed by atoms with van der Waals surface area (Å²) in [5, 5.41) is 16.0. The van der Waals surface area contributed by atoms with Gasteiger partial charge in [-0.2, -0.15) is 4.98 Å². The van der Waals surface area contributed by atoms with Crippen LogP contribution in [-0.4, -0.2) is 15.1 Å². The fraction of sp³-hybridized carbons (Fsp3) is 0.158. The standard InChI is InChI=1S/C19H20N4O/c1-13-7-3-5-9-16(13)21-18-11-15(12-24)20-19(23-18)22-17-10-6-4-8-14(17)2/h3-11,24H,12H2,1-2H3,(H2,20,21,22,23). The van der Waals surface area contributed by atoms with Crippen LogP contribution in [0.5, 0.6) is 0 Å². The number of aliphatic hydroxyl groups is 1. The van der Waals surface area contributed by atoms with E-state index in [1.54, 1.807) is 6.07 Å². The summed E-state index contributed by atoms with van der Waals surface area (Å²) >= 11 is 0. The second-order valence-corrected chi connectivity index (χ2v) is 5.61. The van der Waals surface area contributed by atoms with Crippen LogP contribution in [0.3, 0.4) is 0 Å². The molecule has 0 saturated carbocycles. The van der Waals surface area contributed by atoms with E-state index >= 15 is 0 Å². The molecule has 5 heteroatoms. The maximum absolute atomic E-state index is 9.48. The fourth-order valence-corrected chi connectivity index (χ4v) is 2.38. The first-order valence-electron chi connectivity index (χ1n) is 7.80. The number of anilines is 4. The molecule has 0 aliphatic carbocycles. The van der Waals surface area contributed by atoms with Crippen LogP contribution in [0.1, 0.15) is 16.8 Å². The van der Waals surface area contributed by atoms with Crippen LogP contribution in [0.4, 0.5) is 23.1 Å². The summed E-state index contributed by atoms with van der Waals surface area (Å²) in [7, 11) is 0. The van der Waals surface area contributed by atoms with Gasteiger partial charge in [-0.15, -0.1) is 0 Å². The van der Waals surface area contributed by atoms with E-state index in [1.165, 1.54) is 0 Å². The van der Waals surface area contributed by atoms with Crippen LogP contribution < -0.4 is 10.6 Å². The van der Waals surface area contributed by atoms with Gasteiger partial charge in [-0.1, -0.05) is 36.4 Å². The highest BCUT2D eigenvalue weighted by molar-refractivity contribution is 5.63. The van der Waals surface area contributed by atoms with Crippen LogP contribution in [0.25, 0.3) is 0 Å². The number of nitrogens with one attached hydrogen (secondary N) is 2. The van der Waals surface area contributed by atoms with E-state index in [-0.39, 0.29) is 6.61 Å². The van der Waals surface area contributed by atoms with Gasteiger partial charge in [0.25, 0.3) is 0 Å². The normalized spacial score (nSPS) is 10.5. The zero-order valence-electron chi connectivity index (χ0n) is 13.7. The van der Waals surface area contributed by atoms with Gasteiger partial charge in [-0.05, 0) is 37.1 Å². The van der Waals surface area contributed by atoms with Crippen molar-refractivity contribution in [2.75, 3.05) is 10.6 Å². The van der Waals surface area contributed by atoms with E-state index in [9.17, 15) is 5.11 Å². The number of hydrogen-bond donors (Lipinski definition) is 3. The van der Waals surface area contributed by atoms with Crippen molar-refractivity contribution in [1.29, 1.82) is 0 Å². The maximum Gasteiger partial charge on any atom is 0.229 e. The largest absolute Gasteiger partial charge is 0.390 e. The Bertz CT molecular complexity index is 783. The number of nitrogens with zero attached hydrogens (tertiary/aromatic N) is 2. The smallest absolute Gasteiger partial charge is 0.229 e. The van der Waals surface area contributed by atoms with Crippen LogP contribution in [0, 0.1) is 13.8 Å². The molecule has 0 radical (unpaired) electrons. The van der Waals surface area contributed by atoms with Gasteiger partial charge in [0.15, 0.2) is 0 Å². The fourth-order valence-electron chi connectivity index (χ4n) is 2.38. The summed E-state index contributed by atoms with van der Waals surface area (Å²) in [5.41, 5.74) is 4.69. The Kier molecular flexibility index (Phi) is 4.72. The molecule has 1 heterocycles. The number of benzene rings is 2. The lowest BCUT2D eigenvalue weighted by Crippen LogP contribution is -2.05. The lowest BCUT2D eigenvalue weighted by molar-refractivity contribution is 0.277. The van der Waals surface area contributed by atoms with Gasteiger partial charge in [-0.25, -0.2) is 4.98 Å². The van der Waals surface area contributed by atoms with Crippen molar-refractivity contribution in [1.82, 2.24) is 9.97 Å². The topological polar surface area (TPSA) is 70.1 Å². The van der Waals surface area contributed by atoms with Crippen molar-refractivity contribution in [3.63, 3.8) is 0 Å². The van der Waals surface area contributed by atoms with E-state index < -0.39 is 0 Å². The minimum atomic E-state index is -0.145. The third-order valence-corrected chi connectivity index (χ3v) is 3.74. The monoisotopic (exact) mass is 320 g/mol. The predicted molar refractivity (Wildman–Crippen MR) is 96.9 cm³/mol. The number of aromatic nitrogens is 2.